The number of rotatable bonds is 4. The minimum absolute atomic E-state index is 0.386. The van der Waals surface area contributed by atoms with Gasteiger partial charge >= 0.3 is 0 Å². The summed E-state index contributed by atoms with van der Waals surface area (Å²) in [5.74, 6) is 1.78. The van der Waals surface area contributed by atoms with Gasteiger partial charge in [-0.3, -0.25) is 0 Å². The average molecular weight is 247 g/mol. The highest BCUT2D eigenvalue weighted by atomic mass is 16.5. The lowest BCUT2D eigenvalue weighted by Gasteiger charge is -2.24. The molecular formula is C16H25NO. The second-order valence-corrected chi connectivity index (χ2v) is 5.56. The lowest BCUT2D eigenvalue weighted by molar-refractivity contribution is 0.156. The van der Waals surface area contributed by atoms with Gasteiger partial charge in [0.1, 0.15) is 11.9 Å². The highest BCUT2D eigenvalue weighted by molar-refractivity contribution is 5.44. The molecule has 0 aliphatic heterocycles. The Labute approximate surface area is 111 Å². The van der Waals surface area contributed by atoms with Crippen LogP contribution in [0.5, 0.6) is 5.75 Å². The van der Waals surface area contributed by atoms with E-state index in [1.807, 2.05) is 7.05 Å². The van der Waals surface area contributed by atoms with Crippen molar-refractivity contribution in [3.05, 3.63) is 28.8 Å². The smallest absolute Gasteiger partial charge is 0.125 e. The lowest BCUT2D eigenvalue weighted by atomic mass is 10.0. The van der Waals surface area contributed by atoms with E-state index in [1.165, 1.54) is 36.0 Å². The van der Waals surface area contributed by atoms with Crippen LogP contribution >= 0.6 is 0 Å². The van der Waals surface area contributed by atoms with Gasteiger partial charge in [-0.2, -0.15) is 0 Å². The van der Waals surface area contributed by atoms with Crippen molar-refractivity contribution in [2.45, 2.75) is 46.1 Å². The second-order valence-electron chi connectivity index (χ2n) is 5.56. The Balaban J connectivity index is 2.16. The third-order valence-corrected chi connectivity index (χ3v) is 4.20. The zero-order chi connectivity index (χ0) is 13.1. The average Bonchev–Trinajstić information content (AvgIpc) is 2.78. The van der Waals surface area contributed by atoms with Crippen molar-refractivity contribution in [2.75, 3.05) is 13.6 Å². The molecule has 0 amide bonds. The Morgan fingerprint density at radius 2 is 1.89 bits per heavy atom. The summed E-state index contributed by atoms with van der Waals surface area (Å²) in [6.07, 6.45) is 4.16. The van der Waals surface area contributed by atoms with Crippen molar-refractivity contribution in [1.82, 2.24) is 5.32 Å². The summed E-state index contributed by atoms with van der Waals surface area (Å²) in [7, 11) is 2.03. The topological polar surface area (TPSA) is 21.3 Å². The normalized spacial score (nSPS) is 23.3. The first-order valence-corrected chi connectivity index (χ1v) is 7.01. The number of hydrogen-bond donors (Lipinski definition) is 1. The predicted octanol–water partition coefficient (Wildman–Crippen LogP) is 3.38. The van der Waals surface area contributed by atoms with Crippen molar-refractivity contribution in [1.29, 1.82) is 0 Å². The van der Waals surface area contributed by atoms with E-state index in [1.54, 1.807) is 0 Å². The van der Waals surface area contributed by atoms with Crippen LogP contribution in [0.2, 0.25) is 0 Å². The maximum absolute atomic E-state index is 6.34. The first-order valence-electron chi connectivity index (χ1n) is 7.01. The summed E-state index contributed by atoms with van der Waals surface area (Å²) >= 11 is 0. The fourth-order valence-corrected chi connectivity index (χ4v) is 2.91. The van der Waals surface area contributed by atoms with Crippen molar-refractivity contribution in [2.24, 2.45) is 5.92 Å². The maximum Gasteiger partial charge on any atom is 0.125 e. The van der Waals surface area contributed by atoms with E-state index >= 15 is 0 Å². The van der Waals surface area contributed by atoms with Gasteiger partial charge in [0, 0.05) is 12.5 Å². The van der Waals surface area contributed by atoms with Gasteiger partial charge in [-0.25, -0.2) is 0 Å². The predicted molar refractivity (Wildman–Crippen MR) is 76.3 cm³/mol. The first kappa shape index (κ1) is 13.4. The maximum atomic E-state index is 6.34. The highest BCUT2D eigenvalue weighted by Gasteiger charge is 2.29. The Morgan fingerprint density at radius 1 is 1.17 bits per heavy atom. The molecule has 0 saturated heterocycles. The van der Waals surface area contributed by atoms with Gasteiger partial charge in [-0.1, -0.05) is 12.1 Å². The summed E-state index contributed by atoms with van der Waals surface area (Å²) in [4.78, 5) is 0. The second kappa shape index (κ2) is 5.75. The van der Waals surface area contributed by atoms with E-state index in [2.05, 4.69) is 38.2 Å². The van der Waals surface area contributed by atoms with Crippen molar-refractivity contribution in [3.63, 3.8) is 0 Å². The first-order chi connectivity index (χ1) is 8.63. The van der Waals surface area contributed by atoms with Gasteiger partial charge in [-0.15, -0.1) is 0 Å². The van der Waals surface area contributed by atoms with Gasteiger partial charge in [0.2, 0.25) is 0 Å². The van der Waals surface area contributed by atoms with Crippen molar-refractivity contribution in [3.8, 4) is 5.75 Å². The highest BCUT2D eigenvalue weighted by Crippen LogP contribution is 2.33. The monoisotopic (exact) mass is 247 g/mol. The zero-order valence-electron chi connectivity index (χ0n) is 12.0. The van der Waals surface area contributed by atoms with Gasteiger partial charge < -0.3 is 10.1 Å². The molecule has 0 bridgehead atoms. The van der Waals surface area contributed by atoms with Crippen molar-refractivity contribution >= 4 is 0 Å². The van der Waals surface area contributed by atoms with Gasteiger partial charge in [0.05, 0.1) is 0 Å². The van der Waals surface area contributed by atoms with Gasteiger partial charge in [0.25, 0.3) is 0 Å². The van der Waals surface area contributed by atoms with E-state index in [-0.39, 0.29) is 0 Å². The SMILES string of the molecule is CNCC1CCCC1Oc1c(C)ccc(C)c1C. The van der Waals surface area contributed by atoms with E-state index < -0.39 is 0 Å². The molecule has 2 unspecified atom stereocenters. The lowest BCUT2D eigenvalue weighted by Crippen LogP contribution is -2.29. The van der Waals surface area contributed by atoms with E-state index in [0.717, 1.165) is 12.3 Å². The van der Waals surface area contributed by atoms with Crippen LogP contribution in [0.4, 0.5) is 0 Å². The molecule has 0 radical (unpaired) electrons. The van der Waals surface area contributed by atoms with Gasteiger partial charge in [-0.05, 0) is 63.8 Å². The number of nitrogens with one attached hydrogen (secondary N) is 1. The Morgan fingerprint density at radius 3 is 2.61 bits per heavy atom. The third kappa shape index (κ3) is 2.69. The van der Waals surface area contributed by atoms with Crippen molar-refractivity contribution < 1.29 is 4.74 Å². The molecule has 0 spiro atoms. The quantitative estimate of drug-likeness (QED) is 0.880. The van der Waals surface area contributed by atoms with Crippen LogP contribution in [0.15, 0.2) is 12.1 Å². The van der Waals surface area contributed by atoms with Crippen LogP contribution in [0, 0.1) is 26.7 Å². The molecule has 1 aromatic carbocycles. The Bertz CT molecular complexity index is 414. The molecule has 18 heavy (non-hydrogen) atoms. The summed E-state index contributed by atoms with van der Waals surface area (Å²) in [5, 5.41) is 3.29. The summed E-state index contributed by atoms with van der Waals surface area (Å²) < 4.78 is 6.34. The number of benzene rings is 1. The molecule has 100 valence electrons. The van der Waals surface area contributed by atoms with Crippen LogP contribution < -0.4 is 10.1 Å². The molecule has 2 rings (SSSR count). The molecule has 1 saturated carbocycles. The summed E-state index contributed by atoms with van der Waals surface area (Å²) in [5.41, 5.74) is 3.87. The van der Waals surface area contributed by atoms with Crippen LogP contribution in [0.25, 0.3) is 0 Å². The largest absolute Gasteiger partial charge is 0.490 e. The van der Waals surface area contributed by atoms with Crippen LogP contribution in [-0.4, -0.2) is 19.7 Å². The molecule has 1 N–H and O–H groups in total. The minimum atomic E-state index is 0.386. The Hall–Kier alpha value is -1.02. The van der Waals surface area contributed by atoms with Crippen LogP contribution in [0.1, 0.15) is 36.0 Å². The number of hydrogen-bond acceptors (Lipinski definition) is 2. The molecule has 2 nitrogen and oxygen atoms in total. The molecule has 1 fully saturated rings. The molecule has 0 heterocycles. The molecular weight excluding hydrogens is 222 g/mol. The Kier molecular flexibility index (Phi) is 4.28. The summed E-state index contributed by atoms with van der Waals surface area (Å²) in [6.45, 7) is 7.53. The van der Waals surface area contributed by atoms with E-state index in [0.29, 0.717) is 12.0 Å². The fraction of sp³-hybridized carbons (Fsp3) is 0.625. The summed E-state index contributed by atoms with van der Waals surface area (Å²) in [6, 6.07) is 4.34. The molecule has 1 aromatic rings. The number of aryl methyl sites for hydroxylation is 2. The molecule has 1 aliphatic carbocycles. The third-order valence-electron chi connectivity index (χ3n) is 4.20. The molecule has 0 aromatic heterocycles. The zero-order valence-corrected chi connectivity index (χ0v) is 12.0. The number of ether oxygens (including phenoxy) is 1. The fourth-order valence-electron chi connectivity index (χ4n) is 2.91. The van der Waals surface area contributed by atoms with Gasteiger partial charge in [0.15, 0.2) is 0 Å². The molecule has 2 atom stereocenters. The minimum Gasteiger partial charge on any atom is -0.490 e. The van der Waals surface area contributed by atoms with Crippen LogP contribution in [0.3, 0.4) is 0 Å². The van der Waals surface area contributed by atoms with E-state index in [9.17, 15) is 0 Å². The molecule has 1 aliphatic rings. The molecule has 2 heteroatoms. The van der Waals surface area contributed by atoms with Crippen LogP contribution in [-0.2, 0) is 0 Å². The standard InChI is InChI=1S/C16H25NO/c1-11-8-9-12(2)16(13(11)3)18-15-7-5-6-14(15)10-17-4/h8-9,14-15,17H,5-7,10H2,1-4H3. The van der Waals surface area contributed by atoms with E-state index in [4.69, 9.17) is 4.74 Å².